The number of rotatable bonds is 10. The second kappa shape index (κ2) is 13.0. The van der Waals surface area contributed by atoms with Crippen LogP contribution in [0.5, 0.6) is 0 Å². The minimum absolute atomic E-state index is 0.0565. The maximum Gasteiger partial charge on any atom is 0.243 e. The van der Waals surface area contributed by atoms with Gasteiger partial charge in [0.05, 0.1) is 5.75 Å². The molecule has 1 aliphatic rings. The Kier molecular flexibility index (Phi) is 9.48. The van der Waals surface area contributed by atoms with Gasteiger partial charge in [0.2, 0.25) is 11.8 Å². The summed E-state index contributed by atoms with van der Waals surface area (Å²) in [5.74, 6) is 0.123. The van der Waals surface area contributed by atoms with Crippen LogP contribution in [-0.4, -0.2) is 34.6 Å². The maximum atomic E-state index is 13.7. The number of nitrogens with zero attached hydrogens (tertiary/aromatic N) is 1. The van der Waals surface area contributed by atoms with Gasteiger partial charge in [0.25, 0.3) is 0 Å². The average Bonchev–Trinajstić information content (AvgIpc) is 3.39. The zero-order chi connectivity index (χ0) is 25.3. The summed E-state index contributed by atoms with van der Waals surface area (Å²) in [7, 11) is 0. The summed E-state index contributed by atoms with van der Waals surface area (Å²) in [4.78, 5) is 30.2. The molecule has 4 rings (SSSR count). The fraction of sp³-hybridized carbons (Fsp3) is 0.333. The van der Waals surface area contributed by atoms with Crippen molar-refractivity contribution in [2.75, 3.05) is 5.75 Å². The molecule has 4 nitrogen and oxygen atoms in total. The van der Waals surface area contributed by atoms with E-state index in [1.807, 2.05) is 79.7 Å². The highest BCUT2D eigenvalue weighted by Crippen LogP contribution is 2.24. The first-order chi connectivity index (χ1) is 17.5. The van der Waals surface area contributed by atoms with Crippen molar-refractivity contribution in [1.82, 2.24) is 10.2 Å². The van der Waals surface area contributed by atoms with Crippen molar-refractivity contribution in [3.8, 4) is 0 Å². The van der Waals surface area contributed by atoms with E-state index in [0.717, 1.165) is 47.3 Å². The number of thioether (sulfide) groups is 1. The molecule has 188 valence electrons. The molecule has 0 aromatic heterocycles. The molecule has 0 radical (unpaired) electrons. The van der Waals surface area contributed by atoms with Gasteiger partial charge in [-0.2, -0.15) is 0 Å². The summed E-state index contributed by atoms with van der Waals surface area (Å²) in [6.07, 6.45) is 4.75. The fourth-order valence-electron chi connectivity index (χ4n) is 4.69. The molecule has 1 atom stereocenters. The Balaban J connectivity index is 1.60. The highest BCUT2D eigenvalue weighted by Gasteiger charge is 2.32. The minimum atomic E-state index is -0.591. The molecule has 0 bridgehead atoms. The molecule has 3 aromatic carbocycles. The van der Waals surface area contributed by atoms with Gasteiger partial charge in [-0.05, 0) is 55.2 Å². The third-order valence-electron chi connectivity index (χ3n) is 6.58. The lowest BCUT2D eigenvalue weighted by molar-refractivity contribution is -0.139. The third-order valence-corrected chi connectivity index (χ3v) is 7.83. The summed E-state index contributed by atoms with van der Waals surface area (Å²) in [6.45, 7) is 2.43. The predicted octanol–water partition coefficient (Wildman–Crippen LogP) is 6.44. The molecule has 0 saturated heterocycles. The monoisotopic (exact) mass is 520 g/mol. The van der Waals surface area contributed by atoms with Crippen LogP contribution in [0.3, 0.4) is 0 Å². The third kappa shape index (κ3) is 7.62. The van der Waals surface area contributed by atoms with Gasteiger partial charge in [0, 0.05) is 28.9 Å². The van der Waals surface area contributed by atoms with E-state index < -0.39 is 6.04 Å². The smallest absolute Gasteiger partial charge is 0.243 e. The van der Waals surface area contributed by atoms with Crippen molar-refractivity contribution in [2.24, 2.45) is 0 Å². The summed E-state index contributed by atoms with van der Waals surface area (Å²) >= 11 is 7.49. The van der Waals surface area contributed by atoms with E-state index in [0.29, 0.717) is 18.0 Å². The van der Waals surface area contributed by atoms with Gasteiger partial charge in [-0.3, -0.25) is 9.59 Å². The lowest BCUT2D eigenvalue weighted by atomic mass is 10.0. The molecule has 0 spiro atoms. The second-order valence-electron chi connectivity index (χ2n) is 9.45. The maximum absolute atomic E-state index is 13.7. The molecule has 6 heteroatoms. The van der Waals surface area contributed by atoms with Crippen LogP contribution in [0.15, 0.2) is 83.8 Å². The Morgan fingerprint density at radius 2 is 1.67 bits per heavy atom. The minimum Gasteiger partial charge on any atom is -0.352 e. The summed E-state index contributed by atoms with van der Waals surface area (Å²) in [5.41, 5.74) is 3.19. The van der Waals surface area contributed by atoms with Crippen molar-refractivity contribution in [3.05, 3.63) is 101 Å². The van der Waals surface area contributed by atoms with Crippen LogP contribution in [0.2, 0.25) is 5.02 Å². The standard InChI is InChI=1S/C30H33ClN2O2S/c1-22-8-7-11-24(18-22)20-33(29(34)21-36-27-16-14-25(31)15-17-27)28(19-23-9-3-2-4-10-23)30(35)32-26-12-5-6-13-26/h2-4,7-11,14-18,26,28H,5-6,12-13,19-21H2,1H3,(H,32,35)/t28-/m0/s1. The van der Waals surface area contributed by atoms with Crippen LogP contribution in [-0.2, 0) is 22.6 Å². The van der Waals surface area contributed by atoms with Gasteiger partial charge < -0.3 is 10.2 Å². The topological polar surface area (TPSA) is 49.4 Å². The van der Waals surface area contributed by atoms with E-state index in [-0.39, 0.29) is 23.6 Å². The first-order valence-electron chi connectivity index (χ1n) is 12.6. The number of hydrogen-bond donors (Lipinski definition) is 1. The molecule has 2 amide bonds. The van der Waals surface area contributed by atoms with E-state index in [1.165, 1.54) is 11.8 Å². The number of carbonyl (C=O) groups is 2. The molecule has 3 aromatic rings. The molecular formula is C30H33ClN2O2S. The van der Waals surface area contributed by atoms with Crippen LogP contribution in [0, 0.1) is 6.92 Å². The fourth-order valence-corrected chi connectivity index (χ4v) is 5.60. The Labute approximate surface area is 223 Å². The average molecular weight is 521 g/mol. The van der Waals surface area contributed by atoms with Gasteiger partial charge in [0.1, 0.15) is 6.04 Å². The highest BCUT2D eigenvalue weighted by atomic mass is 35.5. The number of benzene rings is 3. The van der Waals surface area contributed by atoms with E-state index >= 15 is 0 Å². The SMILES string of the molecule is Cc1cccc(CN(C(=O)CSc2ccc(Cl)cc2)[C@@H](Cc2ccccc2)C(=O)NC2CCCC2)c1. The Hall–Kier alpha value is -2.76. The highest BCUT2D eigenvalue weighted by molar-refractivity contribution is 8.00. The van der Waals surface area contributed by atoms with Crippen molar-refractivity contribution >= 4 is 35.2 Å². The number of halogens is 1. The van der Waals surface area contributed by atoms with E-state index in [2.05, 4.69) is 11.4 Å². The number of amides is 2. The second-order valence-corrected chi connectivity index (χ2v) is 10.9. The van der Waals surface area contributed by atoms with Crippen LogP contribution in [0.4, 0.5) is 0 Å². The van der Waals surface area contributed by atoms with E-state index in [9.17, 15) is 9.59 Å². The molecular weight excluding hydrogens is 488 g/mol. The van der Waals surface area contributed by atoms with E-state index in [1.54, 1.807) is 4.90 Å². The Bertz CT molecular complexity index is 1150. The van der Waals surface area contributed by atoms with Crippen molar-refractivity contribution < 1.29 is 9.59 Å². The van der Waals surface area contributed by atoms with Crippen LogP contribution in [0.25, 0.3) is 0 Å². The Morgan fingerprint density at radius 1 is 0.972 bits per heavy atom. The zero-order valence-corrected chi connectivity index (χ0v) is 22.2. The molecule has 0 aliphatic heterocycles. The summed E-state index contributed by atoms with van der Waals surface area (Å²) < 4.78 is 0. The predicted molar refractivity (Wildman–Crippen MR) is 148 cm³/mol. The number of nitrogens with one attached hydrogen (secondary N) is 1. The van der Waals surface area contributed by atoms with Crippen molar-refractivity contribution in [3.63, 3.8) is 0 Å². The number of aryl methyl sites for hydroxylation is 1. The molecule has 1 fully saturated rings. The first-order valence-corrected chi connectivity index (χ1v) is 13.9. The van der Waals surface area contributed by atoms with Gasteiger partial charge in [-0.25, -0.2) is 0 Å². The van der Waals surface area contributed by atoms with Crippen LogP contribution >= 0.6 is 23.4 Å². The first kappa shape index (κ1) is 26.3. The lowest BCUT2D eigenvalue weighted by Crippen LogP contribution is -2.52. The van der Waals surface area contributed by atoms with Gasteiger partial charge in [0.15, 0.2) is 0 Å². The van der Waals surface area contributed by atoms with Crippen LogP contribution in [0.1, 0.15) is 42.4 Å². The Morgan fingerprint density at radius 3 is 2.36 bits per heavy atom. The summed E-state index contributed by atoms with van der Waals surface area (Å²) in [6, 6.07) is 25.2. The lowest BCUT2D eigenvalue weighted by Gasteiger charge is -2.32. The van der Waals surface area contributed by atoms with Crippen LogP contribution < -0.4 is 5.32 Å². The quantitative estimate of drug-likeness (QED) is 0.313. The van der Waals surface area contributed by atoms with Crippen molar-refractivity contribution in [1.29, 1.82) is 0 Å². The van der Waals surface area contributed by atoms with E-state index in [4.69, 9.17) is 11.6 Å². The molecule has 1 N–H and O–H groups in total. The van der Waals surface area contributed by atoms with Gasteiger partial charge in [-0.1, -0.05) is 84.6 Å². The number of hydrogen-bond acceptors (Lipinski definition) is 3. The largest absolute Gasteiger partial charge is 0.352 e. The zero-order valence-electron chi connectivity index (χ0n) is 20.7. The molecule has 36 heavy (non-hydrogen) atoms. The van der Waals surface area contributed by atoms with Gasteiger partial charge >= 0.3 is 0 Å². The molecule has 0 unspecified atom stereocenters. The normalized spacial score (nSPS) is 14.4. The number of carbonyl (C=O) groups excluding carboxylic acids is 2. The molecule has 1 aliphatic carbocycles. The molecule has 0 heterocycles. The summed E-state index contributed by atoms with van der Waals surface area (Å²) in [5, 5.41) is 3.92. The van der Waals surface area contributed by atoms with Gasteiger partial charge in [-0.15, -0.1) is 11.8 Å². The van der Waals surface area contributed by atoms with Crippen molar-refractivity contribution in [2.45, 2.75) is 62.6 Å². The molecule has 1 saturated carbocycles.